The molecular formula is C15H24N2O4. The van der Waals surface area contributed by atoms with Crippen molar-refractivity contribution in [2.75, 3.05) is 26.7 Å². The first-order valence-electron chi connectivity index (χ1n) is 7.60. The zero-order valence-corrected chi connectivity index (χ0v) is 13.0. The summed E-state index contributed by atoms with van der Waals surface area (Å²) in [5.74, 6) is -0.332. The van der Waals surface area contributed by atoms with E-state index in [0.29, 0.717) is 32.0 Å². The van der Waals surface area contributed by atoms with Gasteiger partial charge in [-0.25, -0.2) is 4.79 Å². The van der Waals surface area contributed by atoms with Crippen LogP contribution < -0.4 is 0 Å². The number of esters is 1. The van der Waals surface area contributed by atoms with Gasteiger partial charge in [0.05, 0.1) is 13.0 Å². The van der Waals surface area contributed by atoms with Crippen LogP contribution in [0.3, 0.4) is 0 Å². The molecule has 0 spiro atoms. The van der Waals surface area contributed by atoms with Crippen molar-refractivity contribution in [1.29, 1.82) is 0 Å². The Kier molecular flexibility index (Phi) is 4.85. The van der Waals surface area contributed by atoms with E-state index in [9.17, 15) is 14.4 Å². The highest BCUT2D eigenvalue weighted by atomic mass is 16.5. The van der Waals surface area contributed by atoms with Crippen LogP contribution in [-0.4, -0.2) is 60.4 Å². The molecule has 0 aromatic carbocycles. The van der Waals surface area contributed by atoms with E-state index in [1.54, 1.807) is 9.80 Å². The molecule has 2 rings (SSSR count). The van der Waals surface area contributed by atoms with Gasteiger partial charge in [0.2, 0.25) is 11.8 Å². The summed E-state index contributed by atoms with van der Waals surface area (Å²) in [4.78, 5) is 39.7. The van der Waals surface area contributed by atoms with Gasteiger partial charge in [-0.3, -0.25) is 9.59 Å². The van der Waals surface area contributed by atoms with Gasteiger partial charge in [-0.15, -0.1) is 0 Å². The molecule has 0 radical (unpaired) electrons. The number of methoxy groups -OCH3 is 1. The van der Waals surface area contributed by atoms with Gasteiger partial charge in [-0.05, 0) is 18.8 Å². The first kappa shape index (κ1) is 15.8. The summed E-state index contributed by atoms with van der Waals surface area (Å²) in [5, 5.41) is 0. The lowest BCUT2D eigenvalue weighted by molar-refractivity contribution is -0.152. The number of carbonyl (C=O) groups is 3. The molecule has 2 saturated heterocycles. The molecule has 0 aromatic rings. The first-order chi connectivity index (χ1) is 9.93. The van der Waals surface area contributed by atoms with E-state index in [4.69, 9.17) is 4.74 Å². The smallest absolute Gasteiger partial charge is 0.328 e. The van der Waals surface area contributed by atoms with E-state index >= 15 is 0 Å². The minimum Gasteiger partial charge on any atom is -0.467 e. The third-order valence-electron chi connectivity index (χ3n) is 4.16. The molecule has 0 saturated carbocycles. The number of amides is 2. The van der Waals surface area contributed by atoms with Crippen LogP contribution in [0.2, 0.25) is 0 Å². The monoisotopic (exact) mass is 296 g/mol. The van der Waals surface area contributed by atoms with Crippen molar-refractivity contribution >= 4 is 17.8 Å². The number of carbonyl (C=O) groups excluding carboxylic acids is 3. The Morgan fingerprint density at radius 2 is 2.10 bits per heavy atom. The number of nitrogens with zero attached hydrogens (tertiary/aromatic N) is 2. The van der Waals surface area contributed by atoms with Crippen LogP contribution in [0.5, 0.6) is 0 Å². The zero-order valence-electron chi connectivity index (χ0n) is 13.0. The van der Waals surface area contributed by atoms with Crippen molar-refractivity contribution < 1.29 is 19.1 Å². The van der Waals surface area contributed by atoms with Crippen molar-refractivity contribution in [3.8, 4) is 0 Å². The van der Waals surface area contributed by atoms with Crippen LogP contribution in [0.1, 0.15) is 33.1 Å². The second kappa shape index (κ2) is 6.45. The molecule has 0 bridgehead atoms. The number of hydrogen-bond donors (Lipinski definition) is 0. The number of likely N-dealkylation sites (tertiary alicyclic amines) is 2. The minimum atomic E-state index is -0.475. The van der Waals surface area contributed by atoms with Gasteiger partial charge < -0.3 is 14.5 Å². The van der Waals surface area contributed by atoms with Crippen molar-refractivity contribution in [1.82, 2.24) is 9.80 Å². The second-order valence-corrected chi connectivity index (χ2v) is 6.31. The molecule has 21 heavy (non-hydrogen) atoms. The van der Waals surface area contributed by atoms with E-state index in [2.05, 4.69) is 13.8 Å². The lowest BCUT2D eigenvalue weighted by Crippen LogP contribution is -2.44. The number of ether oxygens (including phenoxy) is 1. The Balaban J connectivity index is 2.00. The molecule has 2 amide bonds. The summed E-state index contributed by atoms with van der Waals surface area (Å²) >= 11 is 0. The van der Waals surface area contributed by atoms with Gasteiger partial charge >= 0.3 is 5.97 Å². The standard InChI is InChI=1S/C15H24N2O4/c1-10(2)8-16-9-11(7-13(16)18)14(19)17-6-4-5-12(17)15(20)21-3/h10-12H,4-9H2,1-3H3. The maximum atomic E-state index is 12.6. The third kappa shape index (κ3) is 3.36. The zero-order chi connectivity index (χ0) is 15.6. The molecule has 0 aliphatic carbocycles. The highest BCUT2D eigenvalue weighted by Gasteiger charge is 2.42. The summed E-state index contributed by atoms with van der Waals surface area (Å²) in [6, 6.07) is -0.475. The molecular weight excluding hydrogens is 272 g/mol. The van der Waals surface area contributed by atoms with Gasteiger partial charge in [0.15, 0.2) is 0 Å². The number of rotatable bonds is 4. The molecule has 0 aromatic heterocycles. The molecule has 2 aliphatic heterocycles. The number of hydrogen-bond acceptors (Lipinski definition) is 4. The Morgan fingerprint density at radius 3 is 2.71 bits per heavy atom. The fourth-order valence-corrected chi connectivity index (χ4v) is 3.20. The van der Waals surface area contributed by atoms with E-state index in [1.807, 2.05) is 0 Å². The summed E-state index contributed by atoms with van der Waals surface area (Å²) in [7, 11) is 1.34. The fraction of sp³-hybridized carbons (Fsp3) is 0.800. The lowest BCUT2D eigenvalue weighted by atomic mass is 10.1. The van der Waals surface area contributed by atoms with Crippen LogP contribution in [0.4, 0.5) is 0 Å². The largest absolute Gasteiger partial charge is 0.467 e. The molecule has 0 N–H and O–H groups in total. The SMILES string of the molecule is COC(=O)C1CCCN1C(=O)C1CC(=O)N(CC(C)C)C1. The molecule has 2 heterocycles. The minimum absolute atomic E-state index is 0.0378. The molecule has 2 unspecified atom stereocenters. The normalized spacial score (nSPS) is 25.8. The first-order valence-corrected chi connectivity index (χ1v) is 7.60. The average molecular weight is 296 g/mol. The van der Waals surface area contributed by atoms with Crippen molar-refractivity contribution in [3.05, 3.63) is 0 Å². The second-order valence-electron chi connectivity index (χ2n) is 6.31. The van der Waals surface area contributed by atoms with Crippen LogP contribution in [0.15, 0.2) is 0 Å². The molecule has 118 valence electrons. The van der Waals surface area contributed by atoms with E-state index in [0.717, 1.165) is 6.42 Å². The van der Waals surface area contributed by atoms with E-state index in [-0.39, 0.29) is 30.1 Å². The third-order valence-corrected chi connectivity index (χ3v) is 4.16. The van der Waals surface area contributed by atoms with E-state index < -0.39 is 6.04 Å². The van der Waals surface area contributed by atoms with Crippen LogP contribution in [0, 0.1) is 11.8 Å². The topological polar surface area (TPSA) is 66.9 Å². The quantitative estimate of drug-likeness (QED) is 0.715. The molecule has 2 aliphatic rings. The van der Waals surface area contributed by atoms with Gasteiger partial charge in [0.1, 0.15) is 6.04 Å². The molecule has 2 fully saturated rings. The lowest BCUT2D eigenvalue weighted by Gasteiger charge is -2.25. The van der Waals surface area contributed by atoms with Crippen molar-refractivity contribution in [2.45, 2.75) is 39.2 Å². The summed E-state index contributed by atoms with van der Waals surface area (Å²) in [6.45, 7) is 5.84. The van der Waals surface area contributed by atoms with Crippen molar-refractivity contribution in [2.24, 2.45) is 11.8 Å². The van der Waals surface area contributed by atoms with Crippen molar-refractivity contribution in [3.63, 3.8) is 0 Å². The van der Waals surface area contributed by atoms with Gasteiger partial charge in [-0.1, -0.05) is 13.8 Å². The Morgan fingerprint density at radius 1 is 1.38 bits per heavy atom. The highest BCUT2D eigenvalue weighted by Crippen LogP contribution is 2.26. The fourth-order valence-electron chi connectivity index (χ4n) is 3.20. The molecule has 6 heteroatoms. The average Bonchev–Trinajstić information content (AvgIpc) is 3.04. The Hall–Kier alpha value is -1.59. The van der Waals surface area contributed by atoms with Gasteiger partial charge in [-0.2, -0.15) is 0 Å². The maximum Gasteiger partial charge on any atom is 0.328 e. The molecule has 6 nitrogen and oxygen atoms in total. The van der Waals surface area contributed by atoms with Gasteiger partial charge in [0, 0.05) is 26.1 Å². The predicted molar refractivity (Wildman–Crippen MR) is 76.3 cm³/mol. The van der Waals surface area contributed by atoms with Crippen LogP contribution in [-0.2, 0) is 19.1 Å². The maximum absolute atomic E-state index is 12.6. The van der Waals surface area contributed by atoms with Crippen LogP contribution >= 0.6 is 0 Å². The predicted octanol–water partition coefficient (Wildman–Crippen LogP) is 0.655. The van der Waals surface area contributed by atoms with Gasteiger partial charge in [0.25, 0.3) is 0 Å². The Bertz CT molecular complexity index is 435. The molecule has 2 atom stereocenters. The van der Waals surface area contributed by atoms with E-state index in [1.165, 1.54) is 7.11 Å². The summed E-state index contributed by atoms with van der Waals surface area (Å²) in [6.07, 6.45) is 1.71. The Labute approximate surface area is 125 Å². The van der Waals surface area contributed by atoms with Crippen LogP contribution in [0.25, 0.3) is 0 Å². The summed E-state index contributed by atoms with van der Waals surface area (Å²) in [5.41, 5.74) is 0. The highest BCUT2D eigenvalue weighted by molar-refractivity contribution is 5.92. The summed E-state index contributed by atoms with van der Waals surface area (Å²) < 4.78 is 4.76.